The van der Waals surface area contributed by atoms with Gasteiger partial charge in [-0.1, -0.05) is 13.3 Å². The summed E-state index contributed by atoms with van der Waals surface area (Å²) in [5.41, 5.74) is 1.12. The van der Waals surface area contributed by atoms with Crippen LogP contribution in [0.15, 0.2) is 0 Å². The molecule has 4 heteroatoms. The van der Waals surface area contributed by atoms with Gasteiger partial charge in [-0.3, -0.25) is 0 Å². The maximum atomic E-state index is 11.5. The van der Waals surface area contributed by atoms with Crippen LogP contribution in [0.4, 0.5) is 0 Å². The molecule has 88 valence electrons. The van der Waals surface area contributed by atoms with E-state index in [1.807, 2.05) is 6.92 Å². The van der Waals surface area contributed by atoms with Crippen LogP contribution in [0, 0.1) is 5.92 Å². The average Bonchev–Trinajstić information content (AvgIpc) is 2.71. The summed E-state index contributed by atoms with van der Waals surface area (Å²) in [7, 11) is 0. The third kappa shape index (κ3) is 2.26. The number of carbonyl (C=O) groups excluding carboxylic acids is 1. The number of carbonyl (C=O) groups is 1. The topological polar surface area (TPSA) is 39.2 Å². The Kier molecular flexibility index (Phi) is 3.59. The molecule has 0 fully saturated rings. The number of rotatable bonds is 3. The van der Waals surface area contributed by atoms with E-state index in [1.54, 1.807) is 0 Å². The van der Waals surface area contributed by atoms with Crippen molar-refractivity contribution in [3.63, 3.8) is 0 Å². The van der Waals surface area contributed by atoms with E-state index >= 15 is 0 Å². The second kappa shape index (κ2) is 4.95. The number of esters is 1. The number of fused-ring (bicyclic) bond motifs is 1. The van der Waals surface area contributed by atoms with Gasteiger partial charge in [0.05, 0.1) is 12.3 Å². The molecule has 3 nitrogen and oxygen atoms in total. The lowest BCUT2D eigenvalue weighted by molar-refractivity contribution is 0.0525. The maximum Gasteiger partial charge on any atom is 0.367 e. The van der Waals surface area contributed by atoms with E-state index in [1.165, 1.54) is 29.1 Å². The minimum Gasteiger partial charge on any atom is -0.461 e. The van der Waals surface area contributed by atoms with Gasteiger partial charge >= 0.3 is 5.97 Å². The zero-order chi connectivity index (χ0) is 11.5. The average molecular weight is 239 g/mol. The first-order valence-corrected chi connectivity index (χ1v) is 6.71. The lowest BCUT2D eigenvalue weighted by Gasteiger charge is -2.18. The summed E-state index contributed by atoms with van der Waals surface area (Å²) >= 11 is 1.52. The van der Waals surface area contributed by atoms with E-state index in [0.29, 0.717) is 11.6 Å². The van der Waals surface area contributed by atoms with Crippen molar-refractivity contribution in [2.75, 3.05) is 6.61 Å². The first-order chi connectivity index (χ1) is 7.74. The second-order valence-corrected chi connectivity index (χ2v) is 5.21. The number of hydrogen-bond acceptors (Lipinski definition) is 4. The van der Waals surface area contributed by atoms with Gasteiger partial charge in [-0.05, 0) is 32.1 Å². The normalized spacial score (nSPS) is 19.2. The van der Waals surface area contributed by atoms with Gasteiger partial charge in [-0.15, -0.1) is 11.3 Å². The Bertz CT molecular complexity index is 386. The molecule has 1 aromatic rings. The molecule has 0 bridgehead atoms. The predicted molar refractivity (Wildman–Crippen MR) is 63.9 cm³/mol. The third-order valence-electron chi connectivity index (χ3n) is 3.07. The van der Waals surface area contributed by atoms with Gasteiger partial charge in [0.25, 0.3) is 0 Å². The number of hydrogen-bond donors (Lipinski definition) is 0. The Morgan fingerprint density at radius 2 is 2.38 bits per heavy atom. The summed E-state index contributed by atoms with van der Waals surface area (Å²) in [4.78, 5) is 17.2. The molecule has 16 heavy (non-hydrogen) atoms. The summed E-state index contributed by atoms with van der Waals surface area (Å²) in [6.45, 7) is 4.46. The van der Waals surface area contributed by atoms with Crippen molar-refractivity contribution in [2.45, 2.75) is 39.5 Å². The highest BCUT2D eigenvalue weighted by Crippen LogP contribution is 2.31. The molecule has 1 aliphatic rings. The van der Waals surface area contributed by atoms with Gasteiger partial charge in [0, 0.05) is 4.88 Å². The fourth-order valence-corrected chi connectivity index (χ4v) is 3.19. The highest BCUT2D eigenvalue weighted by molar-refractivity contribution is 7.13. The first-order valence-electron chi connectivity index (χ1n) is 5.90. The predicted octanol–water partition coefficient (Wildman–Crippen LogP) is 2.83. The van der Waals surface area contributed by atoms with Crippen LogP contribution < -0.4 is 0 Å². The van der Waals surface area contributed by atoms with Crippen molar-refractivity contribution >= 4 is 17.3 Å². The van der Waals surface area contributed by atoms with E-state index in [-0.39, 0.29) is 5.97 Å². The molecule has 0 aromatic carbocycles. The fourth-order valence-electron chi connectivity index (χ4n) is 2.07. The van der Waals surface area contributed by atoms with Crippen LogP contribution in [0.25, 0.3) is 0 Å². The largest absolute Gasteiger partial charge is 0.461 e. The number of aromatic nitrogens is 1. The molecule has 2 rings (SSSR count). The van der Waals surface area contributed by atoms with Crippen LogP contribution in [0.3, 0.4) is 0 Å². The molecule has 0 radical (unpaired) electrons. The molecule has 0 saturated heterocycles. The molecular formula is C12H17NO2S. The van der Waals surface area contributed by atoms with Crippen molar-refractivity contribution in [1.82, 2.24) is 4.98 Å². The van der Waals surface area contributed by atoms with E-state index < -0.39 is 0 Å². The van der Waals surface area contributed by atoms with E-state index in [9.17, 15) is 4.79 Å². The summed E-state index contributed by atoms with van der Waals surface area (Å²) in [6.07, 6.45) is 4.52. The van der Waals surface area contributed by atoms with E-state index in [4.69, 9.17) is 4.74 Å². The van der Waals surface area contributed by atoms with Crippen LogP contribution in [0.5, 0.6) is 0 Å². The highest BCUT2D eigenvalue weighted by atomic mass is 32.1. The van der Waals surface area contributed by atoms with Gasteiger partial charge in [-0.2, -0.15) is 0 Å². The third-order valence-corrected chi connectivity index (χ3v) is 4.17. The minimum absolute atomic E-state index is 0.269. The standard InChI is InChI=1S/C12H17NO2S/c1-3-8-5-6-9-10(7-8)16-11(13-9)12(14)15-4-2/h8H,3-7H2,1-2H3. The number of aryl methyl sites for hydroxylation is 1. The SMILES string of the molecule is CCOC(=O)c1nc2c(s1)CC(CC)CC2. The van der Waals surface area contributed by atoms with Crippen molar-refractivity contribution in [1.29, 1.82) is 0 Å². The summed E-state index contributed by atoms with van der Waals surface area (Å²) < 4.78 is 4.97. The molecule has 0 aliphatic heterocycles. The Labute approximate surface area is 99.8 Å². The molecule has 1 atom stereocenters. The number of nitrogens with zero attached hydrogens (tertiary/aromatic N) is 1. The minimum atomic E-state index is -0.269. The zero-order valence-electron chi connectivity index (χ0n) is 9.78. The molecular weight excluding hydrogens is 222 g/mol. The lowest BCUT2D eigenvalue weighted by Crippen LogP contribution is -2.11. The van der Waals surface area contributed by atoms with Crippen LogP contribution >= 0.6 is 11.3 Å². The summed E-state index contributed by atoms with van der Waals surface area (Å²) in [5, 5.41) is 0.531. The number of ether oxygens (including phenoxy) is 1. The Hall–Kier alpha value is -0.900. The molecule has 1 aliphatic carbocycles. The zero-order valence-corrected chi connectivity index (χ0v) is 10.6. The van der Waals surface area contributed by atoms with E-state index in [2.05, 4.69) is 11.9 Å². The second-order valence-electron chi connectivity index (χ2n) is 4.13. The number of thiazole rings is 1. The Morgan fingerprint density at radius 1 is 1.56 bits per heavy atom. The first kappa shape index (κ1) is 11.6. The van der Waals surface area contributed by atoms with Crippen molar-refractivity contribution in [2.24, 2.45) is 5.92 Å². The molecule has 1 aromatic heterocycles. The van der Waals surface area contributed by atoms with Gasteiger partial charge < -0.3 is 4.74 Å². The van der Waals surface area contributed by atoms with Crippen molar-refractivity contribution in [3.05, 3.63) is 15.6 Å². The molecule has 0 saturated carbocycles. The van der Waals surface area contributed by atoms with Gasteiger partial charge in [0.15, 0.2) is 0 Å². The van der Waals surface area contributed by atoms with Crippen molar-refractivity contribution < 1.29 is 9.53 Å². The summed E-state index contributed by atoms with van der Waals surface area (Å²) in [5.74, 6) is 0.498. The quantitative estimate of drug-likeness (QED) is 0.761. The lowest BCUT2D eigenvalue weighted by atomic mass is 9.89. The van der Waals surface area contributed by atoms with Gasteiger partial charge in [-0.25, -0.2) is 9.78 Å². The molecule has 1 unspecified atom stereocenters. The van der Waals surface area contributed by atoms with Crippen LogP contribution in [0.1, 0.15) is 47.1 Å². The highest BCUT2D eigenvalue weighted by Gasteiger charge is 2.23. The van der Waals surface area contributed by atoms with Crippen LogP contribution in [0.2, 0.25) is 0 Å². The molecule has 0 N–H and O–H groups in total. The van der Waals surface area contributed by atoms with Crippen molar-refractivity contribution in [3.8, 4) is 0 Å². The van der Waals surface area contributed by atoms with Crippen LogP contribution in [-0.4, -0.2) is 17.6 Å². The molecule has 1 heterocycles. The maximum absolute atomic E-state index is 11.5. The van der Waals surface area contributed by atoms with Crippen LogP contribution in [-0.2, 0) is 17.6 Å². The Morgan fingerprint density at radius 3 is 3.06 bits per heavy atom. The molecule has 0 spiro atoms. The monoisotopic (exact) mass is 239 g/mol. The van der Waals surface area contributed by atoms with E-state index in [0.717, 1.165) is 24.5 Å². The smallest absolute Gasteiger partial charge is 0.367 e. The summed E-state index contributed by atoms with van der Waals surface area (Å²) in [6, 6.07) is 0. The fraction of sp³-hybridized carbons (Fsp3) is 0.667. The molecule has 0 amide bonds. The Balaban J connectivity index is 2.15. The van der Waals surface area contributed by atoms with Gasteiger partial charge in [0.1, 0.15) is 0 Å². The van der Waals surface area contributed by atoms with Gasteiger partial charge in [0.2, 0.25) is 5.01 Å².